The molecule has 82 valence electrons. The third-order valence-electron chi connectivity index (χ3n) is 2.85. The molecular weight excluding hydrogens is 190 g/mol. The molecule has 0 spiro atoms. The molecule has 0 amide bonds. The molecule has 2 N–H and O–H groups in total. The van der Waals surface area contributed by atoms with Gasteiger partial charge in [0.25, 0.3) is 0 Å². The van der Waals surface area contributed by atoms with Crippen LogP contribution in [0.1, 0.15) is 32.1 Å². The molecular formula is C11H17N3O. The van der Waals surface area contributed by atoms with Crippen LogP contribution in [0, 0.1) is 5.92 Å². The fraction of sp³-hybridized carbons (Fsp3) is 0.636. The van der Waals surface area contributed by atoms with Crippen molar-refractivity contribution in [2.75, 3.05) is 12.3 Å². The number of hydrogen-bond acceptors (Lipinski definition) is 4. The van der Waals surface area contributed by atoms with Gasteiger partial charge in [-0.05, 0) is 24.8 Å². The van der Waals surface area contributed by atoms with Crippen molar-refractivity contribution in [2.45, 2.75) is 32.1 Å². The highest BCUT2D eigenvalue weighted by molar-refractivity contribution is 5.27. The number of aromatic nitrogens is 2. The number of rotatable bonds is 3. The van der Waals surface area contributed by atoms with Crippen molar-refractivity contribution >= 4 is 5.82 Å². The number of nitrogens with two attached hydrogens (primary N) is 1. The van der Waals surface area contributed by atoms with Crippen molar-refractivity contribution in [3.63, 3.8) is 0 Å². The van der Waals surface area contributed by atoms with Crippen molar-refractivity contribution in [3.8, 4) is 5.88 Å². The second kappa shape index (κ2) is 4.96. The molecule has 1 heterocycles. The molecule has 0 radical (unpaired) electrons. The summed E-state index contributed by atoms with van der Waals surface area (Å²) in [5, 5.41) is 7.61. The lowest BCUT2D eigenvalue weighted by atomic mass is 9.90. The molecule has 4 heteroatoms. The Morgan fingerprint density at radius 1 is 1.20 bits per heavy atom. The average Bonchev–Trinajstić information content (AvgIpc) is 2.30. The van der Waals surface area contributed by atoms with Crippen molar-refractivity contribution in [1.29, 1.82) is 0 Å². The first kappa shape index (κ1) is 10.2. The van der Waals surface area contributed by atoms with Crippen LogP contribution in [0.3, 0.4) is 0 Å². The molecule has 1 saturated carbocycles. The number of nitrogens with zero attached hydrogens (tertiary/aromatic N) is 2. The van der Waals surface area contributed by atoms with Crippen LogP contribution in [0.2, 0.25) is 0 Å². The average molecular weight is 207 g/mol. The number of anilines is 1. The van der Waals surface area contributed by atoms with Crippen LogP contribution in [0.15, 0.2) is 12.1 Å². The third kappa shape index (κ3) is 3.08. The lowest BCUT2D eigenvalue weighted by Crippen LogP contribution is -2.15. The summed E-state index contributed by atoms with van der Waals surface area (Å²) in [6, 6.07) is 3.48. The van der Waals surface area contributed by atoms with Gasteiger partial charge in [-0.25, -0.2) is 0 Å². The van der Waals surface area contributed by atoms with E-state index in [9.17, 15) is 0 Å². The maximum atomic E-state index is 5.57. The van der Waals surface area contributed by atoms with Crippen molar-refractivity contribution in [1.82, 2.24) is 10.2 Å². The molecule has 2 rings (SSSR count). The van der Waals surface area contributed by atoms with Crippen LogP contribution < -0.4 is 10.5 Å². The molecule has 1 aromatic rings. The highest BCUT2D eigenvalue weighted by Crippen LogP contribution is 2.24. The summed E-state index contributed by atoms with van der Waals surface area (Å²) >= 11 is 0. The minimum atomic E-state index is 0.431. The van der Waals surface area contributed by atoms with Gasteiger partial charge in [0.15, 0.2) is 0 Å². The van der Waals surface area contributed by atoms with E-state index in [1.165, 1.54) is 32.1 Å². The van der Waals surface area contributed by atoms with Crippen molar-refractivity contribution < 1.29 is 4.74 Å². The number of ether oxygens (including phenoxy) is 1. The van der Waals surface area contributed by atoms with Crippen LogP contribution in [0.25, 0.3) is 0 Å². The molecule has 1 aromatic heterocycles. The van der Waals surface area contributed by atoms with E-state index >= 15 is 0 Å². The largest absolute Gasteiger partial charge is 0.476 e. The van der Waals surface area contributed by atoms with Crippen molar-refractivity contribution in [2.24, 2.45) is 5.92 Å². The Kier molecular flexibility index (Phi) is 3.37. The number of nitrogen functional groups attached to an aromatic ring is 1. The minimum absolute atomic E-state index is 0.431. The van der Waals surface area contributed by atoms with Crippen molar-refractivity contribution in [3.05, 3.63) is 12.1 Å². The summed E-state index contributed by atoms with van der Waals surface area (Å²) in [6.07, 6.45) is 6.60. The highest BCUT2D eigenvalue weighted by Gasteiger charge is 2.14. The molecule has 0 atom stereocenters. The molecule has 0 unspecified atom stereocenters. The van der Waals surface area contributed by atoms with Gasteiger partial charge in [0.05, 0.1) is 6.61 Å². The summed E-state index contributed by atoms with van der Waals surface area (Å²) in [5.74, 6) is 1.70. The van der Waals surface area contributed by atoms with Gasteiger partial charge in [-0.1, -0.05) is 19.3 Å². The minimum Gasteiger partial charge on any atom is -0.476 e. The maximum absolute atomic E-state index is 5.57. The maximum Gasteiger partial charge on any atom is 0.233 e. The predicted molar refractivity (Wildman–Crippen MR) is 58.5 cm³/mol. The first-order chi connectivity index (χ1) is 7.34. The fourth-order valence-electron chi connectivity index (χ4n) is 1.96. The quantitative estimate of drug-likeness (QED) is 0.823. The first-order valence-corrected chi connectivity index (χ1v) is 5.56. The molecule has 1 aliphatic carbocycles. The van der Waals surface area contributed by atoms with Crippen LogP contribution in [-0.2, 0) is 0 Å². The second-order valence-corrected chi connectivity index (χ2v) is 4.11. The highest BCUT2D eigenvalue weighted by atomic mass is 16.5. The molecule has 0 aliphatic heterocycles. The molecule has 0 aromatic carbocycles. The summed E-state index contributed by atoms with van der Waals surface area (Å²) in [7, 11) is 0. The smallest absolute Gasteiger partial charge is 0.233 e. The van der Waals surface area contributed by atoms with Gasteiger partial charge in [-0.15, -0.1) is 10.2 Å². The Labute approximate surface area is 89.8 Å². The van der Waals surface area contributed by atoms with E-state index in [1.54, 1.807) is 12.1 Å². The zero-order chi connectivity index (χ0) is 10.5. The molecule has 4 nitrogen and oxygen atoms in total. The monoisotopic (exact) mass is 207 g/mol. The van der Waals surface area contributed by atoms with Crippen LogP contribution in [-0.4, -0.2) is 16.8 Å². The van der Waals surface area contributed by atoms with Crippen LogP contribution >= 0.6 is 0 Å². The molecule has 0 saturated heterocycles. The predicted octanol–water partition coefficient (Wildman–Crippen LogP) is 2.02. The summed E-state index contributed by atoms with van der Waals surface area (Å²) < 4.78 is 5.57. The lowest BCUT2D eigenvalue weighted by molar-refractivity contribution is 0.201. The zero-order valence-corrected chi connectivity index (χ0v) is 8.85. The van der Waals surface area contributed by atoms with E-state index in [4.69, 9.17) is 10.5 Å². The SMILES string of the molecule is Nc1ccc(OCC2CCCCC2)nn1. The van der Waals surface area contributed by atoms with E-state index in [2.05, 4.69) is 10.2 Å². The van der Waals surface area contributed by atoms with E-state index in [0.717, 1.165) is 6.61 Å². The summed E-state index contributed by atoms with van der Waals surface area (Å²) in [6.45, 7) is 0.762. The fourth-order valence-corrected chi connectivity index (χ4v) is 1.96. The van der Waals surface area contributed by atoms with E-state index in [0.29, 0.717) is 17.6 Å². The molecule has 0 bridgehead atoms. The number of hydrogen-bond donors (Lipinski definition) is 1. The van der Waals surface area contributed by atoms with E-state index in [1.807, 2.05) is 0 Å². The second-order valence-electron chi connectivity index (χ2n) is 4.11. The van der Waals surface area contributed by atoms with Gasteiger partial charge in [0.1, 0.15) is 5.82 Å². The van der Waals surface area contributed by atoms with E-state index in [-0.39, 0.29) is 0 Å². The molecule has 1 aliphatic rings. The van der Waals surface area contributed by atoms with Gasteiger partial charge in [0.2, 0.25) is 5.88 Å². The summed E-state index contributed by atoms with van der Waals surface area (Å²) in [4.78, 5) is 0. The van der Waals surface area contributed by atoms with Gasteiger partial charge >= 0.3 is 0 Å². The topological polar surface area (TPSA) is 61.0 Å². The van der Waals surface area contributed by atoms with Gasteiger partial charge in [-0.2, -0.15) is 0 Å². The van der Waals surface area contributed by atoms with E-state index < -0.39 is 0 Å². The van der Waals surface area contributed by atoms with Crippen LogP contribution in [0.4, 0.5) is 5.82 Å². The normalized spacial score (nSPS) is 17.6. The first-order valence-electron chi connectivity index (χ1n) is 5.56. The lowest BCUT2D eigenvalue weighted by Gasteiger charge is -2.21. The Morgan fingerprint density at radius 3 is 2.67 bits per heavy atom. The Hall–Kier alpha value is -1.32. The third-order valence-corrected chi connectivity index (χ3v) is 2.85. The van der Waals surface area contributed by atoms with Gasteiger partial charge in [-0.3, -0.25) is 0 Å². The van der Waals surface area contributed by atoms with Gasteiger partial charge < -0.3 is 10.5 Å². The standard InChI is InChI=1S/C11H17N3O/c12-10-6-7-11(14-13-10)15-8-9-4-2-1-3-5-9/h6-7,9H,1-5,8H2,(H2,12,13). The Morgan fingerprint density at radius 2 is 2.00 bits per heavy atom. The molecule has 15 heavy (non-hydrogen) atoms. The Bertz CT molecular complexity index is 293. The van der Waals surface area contributed by atoms with Crippen LogP contribution in [0.5, 0.6) is 5.88 Å². The summed E-state index contributed by atoms with van der Waals surface area (Å²) in [5.41, 5.74) is 5.44. The zero-order valence-electron chi connectivity index (χ0n) is 8.85. The van der Waals surface area contributed by atoms with Gasteiger partial charge in [0, 0.05) is 6.07 Å². The Balaban J connectivity index is 1.79. The molecule has 1 fully saturated rings.